The number of hydrogen-bond acceptors (Lipinski definition) is 5. The zero-order valence-electron chi connectivity index (χ0n) is 10.2. The number of fused-ring (bicyclic) bond motifs is 1. The largest absolute Gasteiger partial charge is 0.465 e. The molecule has 0 bridgehead atoms. The Labute approximate surface area is 113 Å². The van der Waals surface area contributed by atoms with E-state index in [4.69, 9.17) is 10.1 Å². The second-order valence-corrected chi connectivity index (χ2v) is 5.74. The second-order valence-electron chi connectivity index (χ2n) is 3.73. The van der Waals surface area contributed by atoms with Gasteiger partial charge in [-0.15, -0.1) is 0 Å². The number of ether oxygens (including phenoxy) is 1. The van der Waals surface area contributed by atoms with Crippen LogP contribution in [0.2, 0.25) is 0 Å². The number of rotatable bonds is 4. The van der Waals surface area contributed by atoms with E-state index in [9.17, 15) is 4.79 Å². The maximum Gasteiger partial charge on any atom is 0.337 e. The van der Waals surface area contributed by atoms with Gasteiger partial charge in [0.25, 0.3) is 0 Å². The van der Waals surface area contributed by atoms with Gasteiger partial charge in [0, 0.05) is 12.3 Å². The molecule has 2 aromatic rings. The smallest absolute Gasteiger partial charge is 0.337 e. The normalized spacial score (nSPS) is 10.8. The van der Waals surface area contributed by atoms with Crippen molar-refractivity contribution in [3.8, 4) is 0 Å². The lowest BCUT2D eigenvalue weighted by Gasteiger charge is -2.03. The molecule has 0 aliphatic carbocycles. The molecule has 0 saturated carbocycles. The van der Waals surface area contributed by atoms with Crippen LogP contribution in [0.15, 0.2) is 18.2 Å². The lowest BCUT2D eigenvalue weighted by molar-refractivity contribution is 0.0601. The van der Waals surface area contributed by atoms with Crippen molar-refractivity contribution in [2.24, 2.45) is 0 Å². The van der Waals surface area contributed by atoms with Gasteiger partial charge in [0.15, 0.2) is 4.80 Å². The van der Waals surface area contributed by atoms with Crippen LogP contribution in [0.5, 0.6) is 0 Å². The van der Waals surface area contributed by atoms with E-state index in [0.29, 0.717) is 10.4 Å². The van der Waals surface area contributed by atoms with E-state index in [1.165, 1.54) is 18.4 Å². The molecule has 0 radical (unpaired) electrons. The highest BCUT2D eigenvalue weighted by molar-refractivity contribution is 7.98. The summed E-state index contributed by atoms with van der Waals surface area (Å²) in [6.45, 7) is 0.817. The van der Waals surface area contributed by atoms with Gasteiger partial charge in [-0.3, -0.25) is 5.41 Å². The standard InChI is InChI=1S/C12H14N2O2S2/c1-16-11(15)8-3-4-9-10(7-8)18-12(13)14(9)5-6-17-2/h3-4,7,13H,5-6H2,1-2H3. The Morgan fingerprint density at radius 2 is 2.33 bits per heavy atom. The fraction of sp³-hybridized carbons (Fsp3) is 0.333. The van der Waals surface area contributed by atoms with Gasteiger partial charge in [-0.2, -0.15) is 11.8 Å². The molecule has 96 valence electrons. The molecule has 18 heavy (non-hydrogen) atoms. The molecule has 0 fully saturated rings. The predicted octanol–water partition coefficient (Wildman–Crippen LogP) is 2.33. The van der Waals surface area contributed by atoms with Gasteiger partial charge < -0.3 is 9.30 Å². The molecule has 4 nitrogen and oxygen atoms in total. The molecule has 0 spiro atoms. The van der Waals surface area contributed by atoms with Crippen molar-refractivity contribution in [1.29, 1.82) is 5.41 Å². The number of carbonyl (C=O) groups excluding carboxylic acids is 1. The number of benzene rings is 1. The molecule has 0 saturated heterocycles. The van der Waals surface area contributed by atoms with Gasteiger partial charge in [0.1, 0.15) is 0 Å². The average Bonchev–Trinajstić information content (AvgIpc) is 2.70. The minimum Gasteiger partial charge on any atom is -0.465 e. The Morgan fingerprint density at radius 1 is 1.56 bits per heavy atom. The molecule has 0 aliphatic heterocycles. The predicted molar refractivity (Wildman–Crippen MR) is 75.4 cm³/mol. The van der Waals surface area contributed by atoms with Crippen LogP contribution in [0.1, 0.15) is 10.4 Å². The maximum atomic E-state index is 11.4. The topological polar surface area (TPSA) is 55.1 Å². The Balaban J connectivity index is 2.47. The number of esters is 1. The Bertz CT molecular complexity index is 631. The van der Waals surface area contributed by atoms with Crippen molar-refractivity contribution in [3.63, 3.8) is 0 Å². The third-order valence-electron chi connectivity index (χ3n) is 2.64. The molecule has 1 aromatic heterocycles. The lowest BCUT2D eigenvalue weighted by atomic mass is 10.2. The third kappa shape index (κ3) is 2.44. The van der Waals surface area contributed by atoms with Gasteiger partial charge in [0.05, 0.1) is 22.9 Å². The third-order valence-corrected chi connectivity index (χ3v) is 4.19. The van der Waals surface area contributed by atoms with E-state index in [0.717, 1.165) is 22.5 Å². The Hall–Kier alpha value is -1.27. The quantitative estimate of drug-likeness (QED) is 0.876. The molecule has 1 aromatic carbocycles. The zero-order valence-corrected chi connectivity index (χ0v) is 11.9. The van der Waals surface area contributed by atoms with Crippen LogP contribution in [0.4, 0.5) is 0 Å². The summed E-state index contributed by atoms with van der Waals surface area (Å²) in [7, 11) is 1.37. The van der Waals surface area contributed by atoms with Crippen LogP contribution < -0.4 is 4.80 Å². The van der Waals surface area contributed by atoms with Crippen LogP contribution in [-0.4, -0.2) is 29.7 Å². The first kappa shape index (κ1) is 13.2. The van der Waals surface area contributed by atoms with Crippen molar-refractivity contribution < 1.29 is 9.53 Å². The SMILES string of the molecule is COC(=O)c1ccc2c(c1)sc(=N)n2CCSC. The van der Waals surface area contributed by atoms with E-state index < -0.39 is 0 Å². The number of aryl methyl sites for hydroxylation is 1. The number of aromatic nitrogens is 1. The minimum atomic E-state index is -0.340. The summed E-state index contributed by atoms with van der Waals surface area (Å²) in [6, 6.07) is 5.42. The number of thioether (sulfide) groups is 1. The summed E-state index contributed by atoms with van der Waals surface area (Å²) in [4.78, 5) is 12.0. The minimum absolute atomic E-state index is 0.340. The molecule has 1 heterocycles. The van der Waals surface area contributed by atoms with Crippen molar-refractivity contribution in [1.82, 2.24) is 4.57 Å². The van der Waals surface area contributed by atoms with E-state index in [1.807, 2.05) is 16.9 Å². The van der Waals surface area contributed by atoms with Crippen molar-refractivity contribution >= 4 is 39.3 Å². The molecule has 6 heteroatoms. The van der Waals surface area contributed by atoms with Crippen molar-refractivity contribution in [2.45, 2.75) is 6.54 Å². The van der Waals surface area contributed by atoms with Crippen LogP contribution in [-0.2, 0) is 11.3 Å². The molecule has 0 atom stereocenters. The molecular formula is C12H14N2O2S2. The van der Waals surface area contributed by atoms with Crippen LogP contribution in [0, 0.1) is 5.41 Å². The molecule has 0 unspecified atom stereocenters. The molecule has 2 rings (SSSR count). The average molecular weight is 282 g/mol. The van der Waals surface area contributed by atoms with Crippen molar-refractivity contribution in [2.75, 3.05) is 19.1 Å². The number of nitrogens with one attached hydrogen (secondary N) is 1. The lowest BCUT2D eigenvalue weighted by Crippen LogP contribution is -2.14. The number of carbonyl (C=O) groups is 1. The summed E-state index contributed by atoms with van der Waals surface area (Å²) in [6.07, 6.45) is 2.05. The van der Waals surface area contributed by atoms with Crippen LogP contribution >= 0.6 is 23.1 Å². The first-order valence-corrected chi connectivity index (χ1v) is 7.63. The van der Waals surface area contributed by atoms with E-state index in [1.54, 1.807) is 23.9 Å². The van der Waals surface area contributed by atoms with Crippen molar-refractivity contribution in [3.05, 3.63) is 28.6 Å². The number of nitrogens with zero attached hydrogens (tertiary/aromatic N) is 1. The molecular weight excluding hydrogens is 268 g/mol. The number of hydrogen-bond donors (Lipinski definition) is 1. The fourth-order valence-electron chi connectivity index (χ4n) is 1.74. The van der Waals surface area contributed by atoms with E-state index >= 15 is 0 Å². The molecule has 0 aliphatic rings. The van der Waals surface area contributed by atoms with E-state index in [2.05, 4.69) is 0 Å². The highest BCUT2D eigenvalue weighted by Crippen LogP contribution is 2.19. The summed E-state index contributed by atoms with van der Waals surface area (Å²) < 4.78 is 7.61. The molecule has 0 amide bonds. The Kier molecular flexibility index (Phi) is 4.08. The summed E-state index contributed by atoms with van der Waals surface area (Å²) >= 11 is 3.14. The summed E-state index contributed by atoms with van der Waals surface area (Å²) in [5.74, 6) is 0.633. The van der Waals surface area contributed by atoms with Crippen LogP contribution in [0.25, 0.3) is 10.2 Å². The van der Waals surface area contributed by atoms with Gasteiger partial charge in [-0.1, -0.05) is 11.3 Å². The first-order valence-electron chi connectivity index (χ1n) is 5.42. The van der Waals surface area contributed by atoms with Gasteiger partial charge in [-0.25, -0.2) is 4.79 Å². The van der Waals surface area contributed by atoms with E-state index in [-0.39, 0.29) is 5.97 Å². The monoisotopic (exact) mass is 282 g/mol. The van der Waals surface area contributed by atoms with Gasteiger partial charge in [0.2, 0.25) is 0 Å². The Morgan fingerprint density at radius 3 is 3.00 bits per heavy atom. The summed E-state index contributed by atoms with van der Waals surface area (Å²) in [5, 5.41) is 7.96. The van der Waals surface area contributed by atoms with Gasteiger partial charge >= 0.3 is 5.97 Å². The first-order chi connectivity index (χ1) is 8.67. The number of thiazole rings is 1. The highest BCUT2D eigenvalue weighted by atomic mass is 32.2. The zero-order chi connectivity index (χ0) is 13.1. The fourth-order valence-corrected chi connectivity index (χ4v) is 3.08. The maximum absolute atomic E-state index is 11.4. The molecule has 1 N–H and O–H groups in total. The van der Waals surface area contributed by atoms with Crippen LogP contribution in [0.3, 0.4) is 0 Å². The van der Waals surface area contributed by atoms with Gasteiger partial charge in [-0.05, 0) is 24.5 Å². The highest BCUT2D eigenvalue weighted by Gasteiger charge is 2.10. The second kappa shape index (κ2) is 5.58. The summed E-state index contributed by atoms with van der Waals surface area (Å²) in [5.41, 5.74) is 1.54. The number of methoxy groups -OCH3 is 1.